The largest absolute Gasteiger partial charge is 0.478 e. The van der Waals surface area contributed by atoms with E-state index in [-0.39, 0.29) is 0 Å². The quantitative estimate of drug-likeness (QED) is 0.750. The summed E-state index contributed by atoms with van der Waals surface area (Å²) in [5.41, 5.74) is 0. The molecule has 1 aliphatic heterocycles. The lowest BCUT2D eigenvalue weighted by Gasteiger charge is -2.25. The third-order valence-corrected chi connectivity index (χ3v) is 3.90. The summed E-state index contributed by atoms with van der Waals surface area (Å²) in [4.78, 5) is 7.03. The molecular formula is C14H21BrN2O. The predicted octanol–water partition coefficient (Wildman–Crippen LogP) is 3.62. The van der Waals surface area contributed by atoms with E-state index in [1.165, 1.54) is 25.7 Å². The minimum absolute atomic E-state index is 0.645. The lowest BCUT2D eigenvalue weighted by molar-refractivity contribution is 0.327. The Morgan fingerprint density at radius 1 is 1.50 bits per heavy atom. The van der Waals surface area contributed by atoms with Gasteiger partial charge in [-0.3, -0.25) is 0 Å². The predicted molar refractivity (Wildman–Crippen MR) is 78.8 cm³/mol. The van der Waals surface area contributed by atoms with Crippen LogP contribution < -0.4 is 9.64 Å². The molecule has 0 spiro atoms. The summed E-state index contributed by atoms with van der Waals surface area (Å²) in [6, 6.07) is 6.70. The van der Waals surface area contributed by atoms with Crippen LogP contribution in [0.2, 0.25) is 0 Å². The van der Waals surface area contributed by atoms with Gasteiger partial charge in [0.25, 0.3) is 0 Å². The molecule has 3 nitrogen and oxygen atoms in total. The molecule has 1 unspecified atom stereocenters. The van der Waals surface area contributed by atoms with Gasteiger partial charge in [0.05, 0.1) is 6.61 Å². The fourth-order valence-corrected chi connectivity index (χ4v) is 2.87. The maximum absolute atomic E-state index is 5.48. The maximum Gasteiger partial charge on any atom is 0.215 e. The standard InChI is InChI=1S/C14H21BrN2O/c1-2-18-14-9-3-8-13(16-14)17-11-5-7-12(17)6-4-10-15/h3,8-9,12H,2,4-7,10-11H2,1H3. The molecule has 0 bridgehead atoms. The fourth-order valence-electron chi connectivity index (χ4n) is 2.54. The highest BCUT2D eigenvalue weighted by Gasteiger charge is 2.25. The molecule has 1 aliphatic rings. The topological polar surface area (TPSA) is 25.4 Å². The summed E-state index contributed by atoms with van der Waals surface area (Å²) >= 11 is 3.51. The monoisotopic (exact) mass is 312 g/mol. The molecule has 1 atom stereocenters. The van der Waals surface area contributed by atoms with Crippen LogP contribution in [0.4, 0.5) is 5.82 Å². The molecule has 1 aromatic rings. The van der Waals surface area contributed by atoms with Crippen molar-refractivity contribution in [1.82, 2.24) is 4.98 Å². The summed E-state index contributed by atoms with van der Waals surface area (Å²) in [6.07, 6.45) is 5.03. The number of anilines is 1. The summed E-state index contributed by atoms with van der Waals surface area (Å²) < 4.78 is 5.48. The Balaban J connectivity index is 2.06. The van der Waals surface area contributed by atoms with E-state index in [9.17, 15) is 0 Å². The second kappa shape index (κ2) is 6.98. The van der Waals surface area contributed by atoms with E-state index in [2.05, 4.69) is 31.9 Å². The van der Waals surface area contributed by atoms with E-state index in [0.29, 0.717) is 12.6 Å². The lowest BCUT2D eigenvalue weighted by atomic mass is 10.1. The van der Waals surface area contributed by atoms with Gasteiger partial charge in [0, 0.05) is 24.0 Å². The van der Waals surface area contributed by atoms with Crippen molar-refractivity contribution in [3.8, 4) is 5.88 Å². The molecule has 100 valence electrons. The minimum atomic E-state index is 0.645. The van der Waals surface area contributed by atoms with Crippen LogP contribution in [0.25, 0.3) is 0 Å². The van der Waals surface area contributed by atoms with Gasteiger partial charge in [0.15, 0.2) is 0 Å². The summed E-state index contributed by atoms with van der Waals surface area (Å²) in [7, 11) is 0. The Hall–Kier alpha value is -0.770. The molecule has 0 aromatic carbocycles. The number of pyridine rings is 1. The van der Waals surface area contributed by atoms with Crippen LogP contribution in [0.1, 0.15) is 32.6 Å². The SMILES string of the molecule is CCOc1cccc(N2CCCC2CCCBr)n1. The van der Waals surface area contributed by atoms with Crippen molar-refractivity contribution in [3.63, 3.8) is 0 Å². The van der Waals surface area contributed by atoms with Gasteiger partial charge >= 0.3 is 0 Å². The van der Waals surface area contributed by atoms with Crippen molar-refractivity contribution in [2.75, 3.05) is 23.4 Å². The van der Waals surface area contributed by atoms with Crippen molar-refractivity contribution in [2.45, 2.75) is 38.6 Å². The molecule has 0 amide bonds. The number of hydrogen-bond donors (Lipinski definition) is 0. The first kappa shape index (κ1) is 13.7. The van der Waals surface area contributed by atoms with Gasteiger partial charge in [0.1, 0.15) is 5.82 Å². The number of ether oxygens (including phenoxy) is 1. The Morgan fingerprint density at radius 2 is 2.39 bits per heavy atom. The number of aromatic nitrogens is 1. The number of hydrogen-bond acceptors (Lipinski definition) is 3. The molecule has 18 heavy (non-hydrogen) atoms. The third kappa shape index (κ3) is 3.37. The molecular weight excluding hydrogens is 292 g/mol. The second-order valence-electron chi connectivity index (χ2n) is 4.59. The highest BCUT2D eigenvalue weighted by Crippen LogP contribution is 2.28. The van der Waals surface area contributed by atoms with E-state index in [0.717, 1.165) is 23.6 Å². The van der Waals surface area contributed by atoms with Crippen LogP contribution in [0, 0.1) is 0 Å². The van der Waals surface area contributed by atoms with Gasteiger partial charge in [-0.2, -0.15) is 4.98 Å². The van der Waals surface area contributed by atoms with Gasteiger partial charge in [-0.25, -0.2) is 0 Å². The highest BCUT2D eigenvalue weighted by molar-refractivity contribution is 9.09. The number of halogens is 1. The van der Waals surface area contributed by atoms with Crippen molar-refractivity contribution < 1.29 is 4.74 Å². The van der Waals surface area contributed by atoms with Gasteiger partial charge in [0.2, 0.25) is 5.88 Å². The smallest absolute Gasteiger partial charge is 0.215 e. The van der Waals surface area contributed by atoms with Crippen molar-refractivity contribution in [1.29, 1.82) is 0 Å². The van der Waals surface area contributed by atoms with E-state index >= 15 is 0 Å². The molecule has 0 saturated carbocycles. The van der Waals surface area contributed by atoms with E-state index in [1.54, 1.807) is 0 Å². The van der Waals surface area contributed by atoms with Crippen LogP contribution in [0.3, 0.4) is 0 Å². The van der Waals surface area contributed by atoms with Crippen LogP contribution in [0.5, 0.6) is 5.88 Å². The fraction of sp³-hybridized carbons (Fsp3) is 0.643. The molecule has 0 aliphatic carbocycles. The van der Waals surface area contributed by atoms with Gasteiger partial charge < -0.3 is 9.64 Å². The molecule has 2 heterocycles. The molecule has 0 N–H and O–H groups in total. The average molecular weight is 313 g/mol. The van der Waals surface area contributed by atoms with Crippen LogP contribution in [0.15, 0.2) is 18.2 Å². The van der Waals surface area contributed by atoms with Crippen LogP contribution >= 0.6 is 15.9 Å². The molecule has 2 rings (SSSR count). The van der Waals surface area contributed by atoms with Gasteiger partial charge in [-0.05, 0) is 38.7 Å². The molecule has 1 fully saturated rings. The lowest BCUT2D eigenvalue weighted by Crippen LogP contribution is -2.30. The Labute approximate surface area is 118 Å². The minimum Gasteiger partial charge on any atom is -0.478 e. The molecule has 4 heteroatoms. The third-order valence-electron chi connectivity index (χ3n) is 3.34. The maximum atomic E-state index is 5.48. The number of nitrogens with zero attached hydrogens (tertiary/aromatic N) is 2. The van der Waals surface area contributed by atoms with E-state index in [1.807, 2.05) is 19.1 Å². The number of rotatable bonds is 6. The zero-order valence-corrected chi connectivity index (χ0v) is 12.5. The molecule has 0 radical (unpaired) electrons. The van der Waals surface area contributed by atoms with Crippen molar-refractivity contribution in [2.24, 2.45) is 0 Å². The normalized spacial score (nSPS) is 19.2. The average Bonchev–Trinajstić information content (AvgIpc) is 2.85. The van der Waals surface area contributed by atoms with Crippen molar-refractivity contribution in [3.05, 3.63) is 18.2 Å². The Bertz CT molecular complexity index is 373. The van der Waals surface area contributed by atoms with Crippen LogP contribution in [-0.2, 0) is 0 Å². The Morgan fingerprint density at radius 3 is 3.17 bits per heavy atom. The van der Waals surface area contributed by atoms with Gasteiger partial charge in [-0.1, -0.05) is 22.0 Å². The molecule has 1 saturated heterocycles. The van der Waals surface area contributed by atoms with E-state index < -0.39 is 0 Å². The summed E-state index contributed by atoms with van der Waals surface area (Å²) in [6.45, 7) is 3.78. The van der Waals surface area contributed by atoms with E-state index in [4.69, 9.17) is 4.74 Å². The molecule has 1 aromatic heterocycles. The number of alkyl halides is 1. The first-order valence-corrected chi connectivity index (χ1v) is 7.89. The highest BCUT2D eigenvalue weighted by atomic mass is 79.9. The Kier molecular flexibility index (Phi) is 5.29. The zero-order valence-electron chi connectivity index (χ0n) is 10.9. The van der Waals surface area contributed by atoms with Crippen molar-refractivity contribution >= 4 is 21.7 Å². The summed E-state index contributed by atoms with van der Waals surface area (Å²) in [5.74, 6) is 1.80. The van der Waals surface area contributed by atoms with Crippen LogP contribution in [-0.4, -0.2) is 29.5 Å². The zero-order chi connectivity index (χ0) is 12.8. The second-order valence-corrected chi connectivity index (χ2v) is 5.38. The van der Waals surface area contributed by atoms with Gasteiger partial charge in [-0.15, -0.1) is 0 Å². The first-order chi connectivity index (χ1) is 8.85. The summed E-state index contributed by atoms with van der Waals surface area (Å²) in [5, 5.41) is 1.09. The first-order valence-electron chi connectivity index (χ1n) is 6.77.